The summed E-state index contributed by atoms with van der Waals surface area (Å²) in [6.45, 7) is 2.60. The van der Waals surface area contributed by atoms with E-state index in [4.69, 9.17) is 4.74 Å². The molecule has 0 N–H and O–H groups in total. The number of hydrogen-bond donors (Lipinski definition) is 0. The van der Waals surface area contributed by atoms with Crippen LogP contribution < -0.4 is 14.2 Å². The van der Waals surface area contributed by atoms with E-state index in [1.165, 1.54) is 0 Å². The lowest BCUT2D eigenvalue weighted by Gasteiger charge is -2.20. The van der Waals surface area contributed by atoms with Crippen LogP contribution in [0, 0.1) is 0 Å². The first-order chi connectivity index (χ1) is 24.5. The number of aryl methyl sites for hydroxylation is 1. The molecule has 3 aromatic carbocycles. The number of hydrogen-bond acceptors (Lipinski definition) is 10. The predicted octanol–water partition coefficient (Wildman–Crippen LogP) is 7.27. The van der Waals surface area contributed by atoms with Gasteiger partial charge in [-0.05, 0) is 88.2 Å². The van der Waals surface area contributed by atoms with Crippen molar-refractivity contribution in [3.63, 3.8) is 0 Å². The van der Waals surface area contributed by atoms with Crippen molar-refractivity contribution in [1.29, 1.82) is 0 Å². The van der Waals surface area contributed by atoms with E-state index in [-0.39, 0.29) is 19.4 Å². The van der Waals surface area contributed by atoms with Gasteiger partial charge in [0.1, 0.15) is 4.70 Å². The minimum Gasteiger partial charge on any atom is -0.748 e. The van der Waals surface area contributed by atoms with Gasteiger partial charge in [-0.3, -0.25) is 0 Å². The van der Waals surface area contributed by atoms with E-state index in [0.717, 1.165) is 54.2 Å². The zero-order valence-electron chi connectivity index (χ0n) is 27.6. The molecule has 0 atom stereocenters. The molecule has 10 nitrogen and oxygen atoms in total. The van der Waals surface area contributed by atoms with Gasteiger partial charge < -0.3 is 23.3 Å². The van der Waals surface area contributed by atoms with Gasteiger partial charge in [-0.15, -0.1) is 0 Å². The summed E-state index contributed by atoms with van der Waals surface area (Å²) in [7, 11) is -8.78. The first kappa shape index (κ1) is 35.1. The zero-order chi connectivity index (χ0) is 35.8. The fourth-order valence-electron chi connectivity index (χ4n) is 6.29. The molecule has 0 saturated carbocycles. The molecule has 264 valence electrons. The van der Waals surface area contributed by atoms with Gasteiger partial charge >= 0.3 is 0 Å². The number of rotatable bonds is 13. The monoisotopic (exact) mass is 760 g/mol. The summed E-state index contributed by atoms with van der Waals surface area (Å²) in [4.78, 5) is 1.91. The van der Waals surface area contributed by atoms with Crippen LogP contribution in [-0.2, 0) is 26.8 Å². The maximum atomic E-state index is 11.5. The summed E-state index contributed by atoms with van der Waals surface area (Å²) < 4.78 is 80.6. The molecule has 4 heterocycles. The Bertz CT molecular complexity index is 2520. The second-order valence-corrected chi connectivity index (χ2v) is 17.1. The van der Waals surface area contributed by atoms with E-state index in [1.54, 1.807) is 22.7 Å². The molecule has 51 heavy (non-hydrogen) atoms. The summed E-state index contributed by atoms with van der Waals surface area (Å²) in [5.41, 5.74) is 6.68. The van der Waals surface area contributed by atoms with Crippen LogP contribution in [0.3, 0.4) is 0 Å². The van der Waals surface area contributed by atoms with Crippen LogP contribution in [-0.4, -0.2) is 48.6 Å². The molecule has 1 aliphatic rings. The molecular weight excluding hydrogens is 727 g/mol. The van der Waals surface area contributed by atoms with Gasteiger partial charge in [-0.2, -0.15) is 15.9 Å². The number of allylic oxidation sites excluding steroid dienone is 2. The van der Waals surface area contributed by atoms with Crippen molar-refractivity contribution < 1.29 is 35.2 Å². The SMILES string of the molecule is CCC(/C=C1\Oc2ccc(-n3ccc4ccccc43)cc2N1CCCS(=O)(=O)[O-])=C\c1sc2ccc(-c3ccsc3)cc2[n+]1CCCS(=O)(=O)[O-]. The topological polar surface area (TPSA) is 136 Å². The smallest absolute Gasteiger partial charge is 0.263 e. The lowest BCUT2D eigenvalue weighted by molar-refractivity contribution is -0.668. The van der Waals surface area contributed by atoms with Crippen molar-refractivity contribution in [2.45, 2.75) is 32.7 Å². The Labute approximate surface area is 304 Å². The van der Waals surface area contributed by atoms with E-state index in [0.29, 0.717) is 24.6 Å². The third kappa shape index (κ3) is 7.96. The van der Waals surface area contributed by atoms with Gasteiger partial charge in [0.25, 0.3) is 5.01 Å². The Hall–Kier alpha value is -4.31. The predicted molar refractivity (Wildman–Crippen MR) is 201 cm³/mol. The van der Waals surface area contributed by atoms with E-state index >= 15 is 0 Å². The largest absolute Gasteiger partial charge is 0.748 e. The lowest BCUT2D eigenvalue weighted by Crippen LogP contribution is -2.36. The van der Waals surface area contributed by atoms with Crippen LogP contribution in [0.25, 0.3) is 44.0 Å². The molecule has 0 fully saturated rings. The minimum atomic E-state index is -4.41. The van der Waals surface area contributed by atoms with Gasteiger partial charge in [0.15, 0.2) is 12.3 Å². The van der Waals surface area contributed by atoms with Crippen molar-refractivity contribution in [3.05, 3.63) is 112 Å². The van der Waals surface area contributed by atoms with Gasteiger partial charge in [-0.25, -0.2) is 16.8 Å². The van der Waals surface area contributed by atoms with Gasteiger partial charge in [0.05, 0.1) is 31.4 Å². The van der Waals surface area contributed by atoms with Gasteiger partial charge in [0, 0.05) is 54.6 Å². The van der Waals surface area contributed by atoms with Gasteiger partial charge in [-0.1, -0.05) is 42.5 Å². The quantitative estimate of drug-likeness (QED) is 0.0887. The number of aromatic nitrogens is 2. The molecule has 0 aliphatic carbocycles. The molecular formula is C37H34N3O7S4-. The highest BCUT2D eigenvalue weighted by Gasteiger charge is 2.28. The molecule has 7 rings (SSSR count). The molecule has 1 aliphatic heterocycles. The first-order valence-corrected chi connectivity index (χ1v) is 21.3. The average Bonchev–Trinajstić information content (AvgIpc) is 3.89. The first-order valence-electron chi connectivity index (χ1n) is 16.4. The number of thiophene rings is 1. The maximum Gasteiger partial charge on any atom is 0.263 e. The molecule has 14 heteroatoms. The number of para-hydroxylation sites is 1. The molecule has 0 bridgehead atoms. The second kappa shape index (κ2) is 14.4. The van der Waals surface area contributed by atoms with Crippen LogP contribution >= 0.6 is 22.7 Å². The molecule has 0 amide bonds. The number of fused-ring (bicyclic) bond motifs is 3. The fourth-order valence-corrected chi connectivity index (χ4v) is 9.07. The van der Waals surface area contributed by atoms with Crippen LogP contribution in [0.2, 0.25) is 0 Å². The summed E-state index contributed by atoms with van der Waals surface area (Å²) in [6, 6.07) is 24.2. The van der Waals surface area contributed by atoms with E-state index in [2.05, 4.69) is 38.8 Å². The van der Waals surface area contributed by atoms with Crippen LogP contribution in [0.1, 0.15) is 31.2 Å². The highest BCUT2D eigenvalue weighted by Crippen LogP contribution is 2.41. The Morgan fingerprint density at radius 3 is 2.49 bits per heavy atom. The molecule has 3 aromatic heterocycles. The summed E-state index contributed by atoms with van der Waals surface area (Å²) in [5, 5.41) is 6.07. The highest BCUT2D eigenvalue weighted by molar-refractivity contribution is 7.85. The minimum absolute atomic E-state index is 0.110. The standard InChI is InChI=1S/C37H35N3O7S4/c1-2-26(22-37-40(16-6-20-51(44,45)46)33-23-28(9-12-35(33)49-37)29-14-18-48-25-29)21-36-39(15-5-19-50(41,42)43)32-24-30(10-11-34(32)47-36)38-17-13-27-7-3-4-8-31(27)38/h3-4,7-14,17-18,21-25H,2,5-6,15-16,19-20H2,1H3,(H-,41,42,43,44,45,46)/p-1. The number of anilines is 1. The Morgan fingerprint density at radius 2 is 1.73 bits per heavy atom. The van der Waals surface area contributed by atoms with Crippen LogP contribution in [0.4, 0.5) is 5.69 Å². The highest BCUT2D eigenvalue weighted by atomic mass is 32.2. The molecule has 0 unspecified atom stereocenters. The molecule has 6 aromatic rings. The van der Waals surface area contributed by atoms with Crippen LogP contribution in [0.5, 0.6) is 5.75 Å². The lowest BCUT2D eigenvalue weighted by atomic mass is 10.1. The summed E-state index contributed by atoms with van der Waals surface area (Å²) in [5.74, 6) is 0.147. The van der Waals surface area contributed by atoms with Crippen molar-refractivity contribution >= 4 is 75.8 Å². The van der Waals surface area contributed by atoms with Crippen molar-refractivity contribution in [1.82, 2.24) is 4.57 Å². The number of thiazole rings is 1. The van der Waals surface area contributed by atoms with Crippen molar-refractivity contribution in [2.75, 3.05) is 23.0 Å². The van der Waals surface area contributed by atoms with E-state index in [9.17, 15) is 25.9 Å². The van der Waals surface area contributed by atoms with Crippen LogP contribution in [0.15, 0.2) is 107 Å². The molecule has 0 radical (unpaired) electrons. The summed E-state index contributed by atoms with van der Waals surface area (Å²) in [6.07, 6.45) is 6.86. The second-order valence-electron chi connectivity index (χ2n) is 12.2. The van der Waals surface area contributed by atoms with E-state index < -0.39 is 31.7 Å². The Kier molecular flexibility index (Phi) is 9.89. The zero-order valence-corrected chi connectivity index (χ0v) is 30.9. The van der Waals surface area contributed by atoms with Crippen molar-refractivity contribution in [2.24, 2.45) is 0 Å². The molecule has 0 saturated heterocycles. The maximum absolute atomic E-state index is 11.5. The Balaban J connectivity index is 1.27. The number of benzene rings is 3. The normalized spacial score (nSPS) is 14.5. The average molecular weight is 761 g/mol. The number of ether oxygens (including phenoxy) is 1. The van der Waals surface area contributed by atoms with Gasteiger partial charge in [0.2, 0.25) is 11.4 Å². The summed E-state index contributed by atoms with van der Waals surface area (Å²) >= 11 is 3.18. The number of nitrogens with zero attached hydrogens (tertiary/aromatic N) is 3. The fraction of sp³-hybridized carbons (Fsp3) is 0.216. The third-order valence-corrected chi connectivity index (χ3v) is 12.1. The van der Waals surface area contributed by atoms with Crippen molar-refractivity contribution in [3.8, 4) is 22.6 Å². The third-order valence-electron chi connectivity index (χ3n) is 8.75. The van der Waals surface area contributed by atoms with E-state index in [1.807, 2.05) is 84.1 Å². The Morgan fingerprint density at radius 1 is 0.922 bits per heavy atom. The molecule has 0 spiro atoms.